The van der Waals surface area contributed by atoms with Crippen LogP contribution in [-0.2, 0) is 0 Å². The van der Waals surface area contributed by atoms with Gasteiger partial charge in [-0.05, 0) is 54.6 Å². The summed E-state index contributed by atoms with van der Waals surface area (Å²) in [7, 11) is 0. The largest absolute Gasteiger partial charge is 0.396 e. The zero-order chi connectivity index (χ0) is 22.9. The molecule has 0 unspecified atom stereocenters. The van der Waals surface area contributed by atoms with Crippen molar-refractivity contribution in [1.29, 1.82) is 0 Å². The summed E-state index contributed by atoms with van der Waals surface area (Å²) >= 11 is 3.16. The Bertz CT molecular complexity index is 1240. The first-order valence-electron chi connectivity index (χ1n) is 10.6. The van der Waals surface area contributed by atoms with Gasteiger partial charge < -0.3 is 10.4 Å². The number of amides is 1. The average molecular weight is 477 g/mol. The Labute approximate surface area is 200 Å². The third kappa shape index (κ3) is 6.25. The molecule has 168 valence electrons. The molecule has 1 amide bonds. The van der Waals surface area contributed by atoms with Crippen LogP contribution in [-0.4, -0.2) is 50.9 Å². The number of fused-ring (bicyclic) bond motifs is 1. The standard InChI is InChI=1S/C25H24N4O2S2/c30-14-16-32-15-13-27-25(31)21-6-1-2-7-24(21)33-19-9-10-20-22(28-29-23(20)17-19)11-8-18-5-3-4-12-26-18/h1-12,17,30H,13-16H2,(H,27,31)(H,28,29)/b11-8+. The van der Waals surface area contributed by atoms with E-state index in [4.69, 9.17) is 5.11 Å². The second-order valence-electron chi connectivity index (χ2n) is 7.09. The van der Waals surface area contributed by atoms with E-state index in [0.717, 1.165) is 37.8 Å². The smallest absolute Gasteiger partial charge is 0.252 e. The number of carbonyl (C=O) groups is 1. The van der Waals surface area contributed by atoms with Crippen molar-refractivity contribution in [3.05, 3.63) is 83.8 Å². The minimum absolute atomic E-state index is 0.0905. The van der Waals surface area contributed by atoms with Crippen molar-refractivity contribution in [3.63, 3.8) is 0 Å². The molecule has 4 rings (SSSR count). The number of hydrogen-bond acceptors (Lipinski definition) is 6. The van der Waals surface area contributed by atoms with Crippen LogP contribution in [0.3, 0.4) is 0 Å². The van der Waals surface area contributed by atoms with E-state index in [1.807, 2.05) is 72.8 Å². The molecule has 0 aliphatic carbocycles. The van der Waals surface area contributed by atoms with Gasteiger partial charge in [0, 0.05) is 39.4 Å². The number of thioether (sulfide) groups is 1. The number of aliphatic hydroxyl groups excluding tert-OH is 1. The molecule has 3 N–H and O–H groups in total. The topological polar surface area (TPSA) is 90.9 Å². The van der Waals surface area contributed by atoms with Gasteiger partial charge in [-0.1, -0.05) is 30.0 Å². The molecule has 0 radical (unpaired) electrons. The molecular formula is C25H24N4O2S2. The van der Waals surface area contributed by atoms with E-state index < -0.39 is 0 Å². The molecule has 8 heteroatoms. The molecule has 0 bridgehead atoms. The maximum atomic E-state index is 12.7. The van der Waals surface area contributed by atoms with Gasteiger partial charge in [-0.25, -0.2) is 0 Å². The molecule has 0 aliphatic heterocycles. The first kappa shape index (κ1) is 23.1. The van der Waals surface area contributed by atoms with Crippen LogP contribution in [0.15, 0.2) is 76.7 Å². The van der Waals surface area contributed by atoms with Crippen molar-refractivity contribution in [1.82, 2.24) is 20.5 Å². The Balaban J connectivity index is 1.46. The molecular weight excluding hydrogens is 452 g/mol. The van der Waals surface area contributed by atoms with Crippen LogP contribution in [0.2, 0.25) is 0 Å². The zero-order valence-corrected chi connectivity index (χ0v) is 19.5. The Morgan fingerprint density at radius 2 is 1.94 bits per heavy atom. The fourth-order valence-corrected chi connectivity index (χ4v) is 4.78. The lowest BCUT2D eigenvalue weighted by Crippen LogP contribution is -2.26. The number of rotatable bonds is 10. The number of nitrogens with zero attached hydrogens (tertiary/aromatic N) is 2. The maximum Gasteiger partial charge on any atom is 0.252 e. The van der Waals surface area contributed by atoms with Crippen molar-refractivity contribution >= 4 is 52.5 Å². The molecule has 2 heterocycles. The summed E-state index contributed by atoms with van der Waals surface area (Å²) in [6.07, 6.45) is 5.65. The molecule has 2 aromatic carbocycles. The summed E-state index contributed by atoms with van der Waals surface area (Å²) in [5, 5.41) is 20.4. The highest BCUT2D eigenvalue weighted by Gasteiger charge is 2.12. The highest BCUT2D eigenvalue weighted by Crippen LogP contribution is 2.32. The van der Waals surface area contributed by atoms with Crippen molar-refractivity contribution in [3.8, 4) is 0 Å². The van der Waals surface area contributed by atoms with Crippen LogP contribution in [0.4, 0.5) is 0 Å². The number of aromatic nitrogens is 3. The first-order valence-corrected chi connectivity index (χ1v) is 12.5. The van der Waals surface area contributed by atoms with Gasteiger partial charge in [0.05, 0.1) is 29.1 Å². The first-order chi connectivity index (χ1) is 16.2. The quantitative estimate of drug-likeness (QED) is 0.287. The Hall–Kier alpha value is -3.07. The Kier molecular flexibility index (Phi) is 8.19. The molecule has 0 saturated heterocycles. The molecule has 33 heavy (non-hydrogen) atoms. The molecule has 0 aliphatic rings. The number of pyridine rings is 1. The van der Waals surface area contributed by atoms with E-state index in [1.165, 1.54) is 0 Å². The summed E-state index contributed by atoms with van der Waals surface area (Å²) in [5.74, 6) is 1.36. The molecule has 0 atom stereocenters. The minimum Gasteiger partial charge on any atom is -0.396 e. The van der Waals surface area contributed by atoms with Gasteiger partial charge in [0.15, 0.2) is 0 Å². The predicted molar refractivity (Wildman–Crippen MR) is 137 cm³/mol. The molecule has 4 aromatic rings. The van der Waals surface area contributed by atoms with Gasteiger partial charge in [-0.15, -0.1) is 0 Å². The monoisotopic (exact) mass is 476 g/mol. The lowest BCUT2D eigenvalue weighted by molar-refractivity contribution is 0.0953. The fourth-order valence-electron chi connectivity index (χ4n) is 3.22. The summed E-state index contributed by atoms with van der Waals surface area (Å²) in [6.45, 7) is 0.720. The summed E-state index contributed by atoms with van der Waals surface area (Å²) in [6, 6.07) is 19.5. The SMILES string of the molecule is O=C(NCCSCCO)c1ccccc1Sc1ccc2c(/C=C/c3ccccn3)n[nH]c2c1. The van der Waals surface area contributed by atoms with E-state index in [1.54, 1.807) is 29.7 Å². The average Bonchev–Trinajstić information content (AvgIpc) is 3.25. The normalized spacial score (nSPS) is 11.3. The number of nitrogens with one attached hydrogen (secondary N) is 2. The van der Waals surface area contributed by atoms with Crippen molar-refractivity contribution in [2.24, 2.45) is 0 Å². The number of aliphatic hydroxyl groups is 1. The number of H-pyrrole nitrogens is 1. The van der Waals surface area contributed by atoms with Crippen LogP contribution in [0, 0.1) is 0 Å². The minimum atomic E-state index is -0.0905. The maximum absolute atomic E-state index is 12.7. The van der Waals surface area contributed by atoms with Crippen LogP contribution in [0.1, 0.15) is 21.7 Å². The third-order valence-corrected chi connectivity index (χ3v) is 6.82. The van der Waals surface area contributed by atoms with Crippen LogP contribution in [0.25, 0.3) is 23.1 Å². The van der Waals surface area contributed by atoms with Gasteiger partial charge in [-0.2, -0.15) is 16.9 Å². The van der Waals surface area contributed by atoms with Gasteiger partial charge in [0.25, 0.3) is 5.91 Å². The Morgan fingerprint density at radius 1 is 1.06 bits per heavy atom. The summed E-state index contributed by atoms with van der Waals surface area (Å²) < 4.78 is 0. The second-order valence-corrected chi connectivity index (χ2v) is 9.43. The van der Waals surface area contributed by atoms with Crippen LogP contribution >= 0.6 is 23.5 Å². The van der Waals surface area contributed by atoms with Gasteiger partial charge in [0.2, 0.25) is 0 Å². The van der Waals surface area contributed by atoms with Crippen molar-refractivity contribution < 1.29 is 9.90 Å². The third-order valence-electron chi connectivity index (χ3n) is 4.79. The molecule has 0 spiro atoms. The molecule has 0 saturated carbocycles. The van der Waals surface area contributed by atoms with Gasteiger partial charge >= 0.3 is 0 Å². The Morgan fingerprint density at radius 3 is 2.79 bits per heavy atom. The lowest BCUT2D eigenvalue weighted by atomic mass is 10.2. The number of hydrogen-bond donors (Lipinski definition) is 3. The van der Waals surface area contributed by atoms with E-state index in [-0.39, 0.29) is 12.5 Å². The molecule has 2 aromatic heterocycles. The van der Waals surface area contributed by atoms with Crippen LogP contribution < -0.4 is 5.32 Å². The second kappa shape index (κ2) is 11.7. The van der Waals surface area contributed by atoms with Crippen molar-refractivity contribution in [2.45, 2.75) is 9.79 Å². The van der Waals surface area contributed by atoms with Crippen molar-refractivity contribution in [2.75, 3.05) is 24.7 Å². The lowest BCUT2D eigenvalue weighted by Gasteiger charge is -2.10. The van der Waals surface area contributed by atoms with E-state index in [9.17, 15) is 4.79 Å². The molecule has 6 nitrogen and oxygen atoms in total. The van der Waals surface area contributed by atoms with E-state index in [2.05, 4.69) is 20.5 Å². The van der Waals surface area contributed by atoms with E-state index >= 15 is 0 Å². The van der Waals surface area contributed by atoms with Gasteiger partial charge in [0.1, 0.15) is 0 Å². The number of carbonyl (C=O) groups excluding carboxylic acids is 1. The molecule has 0 fully saturated rings. The summed E-state index contributed by atoms with van der Waals surface area (Å²) in [4.78, 5) is 18.9. The number of aromatic amines is 1. The zero-order valence-electron chi connectivity index (χ0n) is 17.9. The predicted octanol–water partition coefficient (Wildman–Crippen LogP) is 4.73. The summed E-state index contributed by atoms with van der Waals surface area (Å²) in [5.41, 5.74) is 3.32. The van der Waals surface area contributed by atoms with Gasteiger partial charge in [-0.3, -0.25) is 14.9 Å². The highest BCUT2D eigenvalue weighted by molar-refractivity contribution is 7.99. The fraction of sp³-hybridized carbons (Fsp3) is 0.160. The number of benzene rings is 2. The van der Waals surface area contributed by atoms with E-state index in [0.29, 0.717) is 17.9 Å². The highest BCUT2D eigenvalue weighted by atomic mass is 32.2. The van der Waals surface area contributed by atoms with Crippen LogP contribution in [0.5, 0.6) is 0 Å².